The van der Waals surface area contributed by atoms with Crippen LogP contribution in [-0.2, 0) is 11.2 Å². The number of hydrogen-bond donors (Lipinski definition) is 4. The zero-order valence-electron chi connectivity index (χ0n) is 15.4. The van der Waals surface area contributed by atoms with Crippen LogP contribution in [0.25, 0.3) is 9.88 Å². The molecule has 3 aromatic rings. The molecule has 3 heterocycles. The lowest BCUT2D eigenvalue weighted by atomic mass is 9.90. The van der Waals surface area contributed by atoms with Gasteiger partial charge in [-0.25, -0.2) is 0 Å². The Morgan fingerprint density at radius 1 is 1.00 bits per heavy atom. The minimum atomic E-state index is -1.44. The van der Waals surface area contributed by atoms with Crippen LogP contribution in [0.1, 0.15) is 22.2 Å². The molecule has 0 bridgehead atoms. The highest BCUT2D eigenvalue weighted by molar-refractivity contribution is 7.21. The third-order valence-electron chi connectivity index (χ3n) is 4.91. The highest BCUT2D eigenvalue weighted by Gasteiger charge is 2.44. The summed E-state index contributed by atoms with van der Waals surface area (Å²) >= 11 is 15.4. The first kappa shape index (κ1) is 22.1. The molecule has 4 N–H and O–H groups in total. The second-order valence-corrected chi connectivity index (χ2v) is 9.67. The van der Waals surface area contributed by atoms with E-state index in [1.165, 1.54) is 22.7 Å². The molecule has 5 unspecified atom stereocenters. The summed E-state index contributed by atoms with van der Waals surface area (Å²) in [7, 11) is 0. The van der Waals surface area contributed by atoms with Gasteiger partial charge in [-0.05, 0) is 28.6 Å². The first-order valence-electron chi connectivity index (χ1n) is 9.03. The number of aliphatic hydroxyl groups is 4. The number of hydrogen-bond acceptors (Lipinski definition) is 9. The molecule has 0 radical (unpaired) electrons. The van der Waals surface area contributed by atoms with Crippen LogP contribution in [0.15, 0.2) is 29.6 Å². The van der Waals surface area contributed by atoms with E-state index in [1.807, 2.05) is 11.4 Å². The Morgan fingerprint density at radius 2 is 1.80 bits per heavy atom. The van der Waals surface area contributed by atoms with Crippen LogP contribution >= 0.6 is 45.9 Å². The second kappa shape index (κ2) is 9.15. The molecule has 11 heteroatoms. The van der Waals surface area contributed by atoms with Gasteiger partial charge < -0.3 is 25.2 Å². The monoisotopic (exact) mass is 488 g/mol. The average Bonchev–Trinajstić information content (AvgIpc) is 3.37. The predicted octanol–water partition coefficient (Wildman–Crippen LogP) is 2.68. The summed E-state index contributed by atoms with van der Waals surface area (Å²) in [6.07, 6.45) is -5.70. The van der Waals surface area contributed by atoms with Crippen LogP contribution in [0.4, 0.5) is 0 Å². The summed E-state index contributed by atoms with van der Waals surface area (Å²) in [4.78, 5) is 0.863. The van der Waals surface area contributed by atoms with Crippen molar-refractivity contribution in [2.75, 3.05) is 6.61 Å². The predicted molar refractivity (Wildman–Crippen MR) is 115 cm³/mol. The van der Waals surface area contributed by atoms with Gasteiger partial charge in [-0.2, -0.15) is 0 Å². The number of aromatic nitrogens is 2. The maximum absolute atomic E-state index is 10.4. The van der Waals surface area contributed by atoms with Crippen molar-refractivity contribution >= 4 is 45.9 Å². The molecule has 1 fully saturated rings. The van der Waals surface area contributed by atoms with Crippen LogP contribution in [0.2, 0.25) is 10.0 Å². The number of benzene rings is 1. The zero-order chi connectivity index (χ0) is 21.4. The van der Waals surface area contributed by atoms with Gasteiger partial charge in [-0.15, -0.1) is 21.5 Å². The first-order valence-corrected chi connectivity index (χ1v) is 11.5. The van der Waals surface area contributed by atoms with Gasteiger partial charge in [0, 0.05) is 11.4 Å². The molecule has 0 spiro atoms. The van der Waals surface area contributed by atoms with Crippen molar-refractivity contribution < 1.29 is 25.2 Å². The smallest absolute Gasteiger partial charge is 0.159 e. The van der Waals surface area contributed by atoms with Crippen LogP contribution in [-0.4, -0.2) is 61.6 Å². The molecule has 1 aliphatic heterocycles. The minimum Gasteiger partial charge on any atom is -0.394 e. The Bertz CT molecular complexity index is 1030. The van der Waals surface area contributed by atoms with Crippen molar-refractivity contribution in [3.63, 3.8) is 0 Å². The van der Waals surface area contributed by atoms with Crippen molar-refractivity contribution in [1.29, 1.82) is 0 Å². The Hall–Kier alpha value is -1.14. The molecule has 7 nitrogen and oxygen atoms in total. The zero-order valence-corrected chi connectivity index (χ0v) is 18.5. The lowest BCUT2D eigenvalue weighted by molar-refractivity contribution is -0.231. The standard InChI is InChI=1S/C19H18Cl2N2O5S2/c20-10-2-1-8(17-16(27)15(26)14(25)12(7-24)28-17)5-9(10)6-13-22-23-19(30-13)18-11(21)3-4-29-18/h1-5,12,14-17,24-27H,6-7H2. The molecule has 1 aliphatic rings. The average molecular weight is 489 g/mol. The van der Waals surface area contributed by atoms with Crippen molar-refractivity contribution in [2.45, 2.75) is 36.9 Å². The molecule has 4 rings (SSSR count). The van der Waals surface area contributed by atoms with Crippen LogP contribution in [0.5, 0.6) is 0 Å². The van der Waals surface area contributed by atoms with Crippen molar-refractivity contribution in [3.05, 3.63) is 55.8 Å². The normalized spacial score (nSPS) is 26.8. The van der Waals surface area contributed by atoms with E-state index in [4.69, 9.17) is 27.9 Å². The Labute approximate surface area is 190 Å². The summed E-state index contributed by atoms with van der Waals surface area (Å²) in [5.74, 6) is 0. The van der Waals surface area contributed by atoms with Crippen molar-refractivity contribution in [3.8, 4) is 9.88 Å². The van der Waals surface area contributed by atoms with Gasteiger partial charge >= 0.3 is 0 Å². The van der Waals surface area contributed by atoms with E-state index in [0.29, 0.717) is 22.0 Å². The summed E-state index contributed by atoms with van der Waals surface area (Å²) < 4.78 is 5.64. The Balaban J connectivity index is 1.58. The molecule has 5 atom stereocenters. The Kier molecular flexibility index (Phi) is 6.73. The van der Waals surface area contributed by atoms with Crippen LogP contribution in [0, 0.1) is 0 Å². The van der Waals surface area contributed by atoms with E-state index in [9.17, 15) is 20.4 Å². The molecule has 0 saturated carbocycles. The van der Waals surface area contributed by atoms with Gasteiger partial charge in [0.25, 0.3) is 0 Å². The number of aliphatic hydroxyl groups excluding tert-OH is 4. The van der Waals surface area contributed by atoms with Gasteiger partial charge in [0.2, 0.25) is 0 Å². The summed E-state index contributed by atoms with van der Waals surface area (Å²) in [5.41, 5.74) is 1.31. The number of nitrogens with zero attached hydrogens (tertiary/aromatic N) is 2. The third-order valence-corrected chi connectivity index (χ3v) is 7.70. The fourth-order valence-corrected chi connectivity index (χ4v) is 5.66. The van der Waals surface area contributed by atoms with Gasteiger partial charge in [-0.3, -0.25) is 0 Å². The van der Waals surface area contributed by atoms with Gasteiger partial charge in [0.1, 0.15) is 35.5 Å². The molecule has 160 valence electrons. The number of halogens is 2. The highest BCUT2D eigenvalue weighted by Crippen LogP contribution is 2.37. The minimum absolute atomic E-state index is 0.407. The maximum Gasteiger partial charge on any atom is 0.159 e. The van der Waals surface area contributed by atoms with Crippen LogP contribution in [0.3, 0.4) is 0 Å². The molecule has 30 heavy (non-hydrogen) atoms. The molecule has 2 aromatic heterocycles. The fraction of sp³-hybridized carbons (Fsp3) is 0.368. The summed E-state index contributed by atoms with van der Waals surface area (Å²) in [6.45, 7) is -0.485. The Morgan fingerprint density at radius 3 is 2.50 bits per heavy atom. The van der Waals surface area contributed by atoms with Gasteiger partial charge in [0.05, 0.1) is 16.5 Å². The van der Waals surface area contributed by atoms with E-state index >= 15 is 0 Å². The largest absolute Gasteiger partial charge is 0.394 e. The summed E-state index contributed by atoms with van der Waals surface area (Å²) in [5, 5.41) is 52.7. The van der Waals surface area contributed by atoms with E-state index in [-0.39, 0.29) is 0 Å². The molecule has 1 aromatic carbocycles. The maximum atomic E-state index is 10.4. The van der Waals surface area contributed by atoms with Crippen LogP contribution < -0.4 is 0 Å². The van der Waals surface area contributed by atoms with Crippen molar-refractivity contribution in [2.24, 2.45) is 0 Å². The molecular weight excluding hydrogens is 471 g/mol. The highest BCUT2D eigenvalue weighted by atomic mass is 35.5. The SMILES string of the molecule is OCC1OC(c2ccc(Cl)c(Cc3nnc(-c4sccc4Cl)s3)c2)C(O)C(O)C1O. The van der Waals surface area contributed by atoms with Crippen molar-refractivity contribution in [1.82, 2.24) is 10.2 Å². The van der Waals surface area contributed by atoms with E-state index in [1.54, 1.807) is 18.2 Å². The topological polar surface area (TPSA) is 116 Å². The quantitative estimate of drug-likeness (QED) is 0.436. The molecular formula is C19H18Cl2N2O5S2. The number of rotatable bonds is 5. The third kappa shape index (κ3) is 4.27. The lowest BCUT2D eigenvalue weighted by Crippen LogP contribution is -2.55. The molecule has 0 aliphatic carbocycles. The number of thiophene rings is 1. The lowest BCUT2D eigenvalue weighted by Gasteiger charge is -2.40. The second-order valence-electron chi connectivity index (χ2n) is 6.88. The van der Waals surface area contributed by atoms with E-state index in [2.05, 4.69) is 10.2 Å². The fourth-order valence-electron chi connectivity index (χ4n) is 3.31. The van der Waals surface area contributed by atoms with Gasteiger partial charge in [0.15, 0.2) is 5.01 Å². The van der Waals surface area contributed by atoms with E-state index < -0.39 is 37.1 Å². The van der Waals surface area contributed by atoms with Gasteiger partial charge in [-0.1, -0.05) is 46.7 Å². The van der Waals surface area contributed by atoms with E-state index in [0.717, 1.165) is 20.5 Å². The first-order chi connectivity index (χ1) is 14.4. The summed E-state index contributed by atoms with van der Waals surface area (Å²) in [6, 6.07) is 6.92. The number of ether oxygens (including phenoxy) is 1. The molecule has 0 amide bonds. The molecule has 1 saturated heterocycles.